The van der Waals surface area contributed by atoms with E-state index in [2.05, 4.69) is 20.8 Å². The van der Waals surface area contributed by atoms with Crippen LogP contribution in [0.1, 0.15) is 22.5 Å². The first-order valence-electron chi connectivity index (χ1n) is 10.0. The van der Waals surface area contributed by atoms with Crippen molar-refractivity contribution in [3.63, 3.8) is 0 Å². The topological polar surface area (TPSA) is 59.7 Å². The van der Waals surface area contributed by atoms with Crippen LogP contribution in [-0.4, -0.2) is 24.7 Å². The number of nitrogens with zero attached hydrogens (tertiary/aromatic N) is 4. The number of nitrogens with one attached hydrogen (secondary N) is 2. The molecule has 6 nitrogen and oxygen atoms in total. The first-order chi connectivity index (χ1) is 15.4. The van der Waals surface area contributed by atoms with Gasteiger partial charge < -0.3 is 10.6 Å². The molecule has 0 fully saturated rings. The molecule has 32 heavy (non-hydrogen) atoms. The highest BCUT2D eigenvalue weighted by Gasteiger charge is 2.14. The minimum Gasteiger partial charge on any atom is -0.330 e. The highest BCUT2D eigenvalue weighted by atomic mass is 35.5. The quantitative estimate of drug-likeness (QED) is 0.371. The van der Waals surface area contributed by atoms with Crippen molar-refractivity contribution in [2.75, 3.05) is 10.6 Å². The van der Waals surface area contributed by atoms with Crippen LogP contribution in [-0.2, 0) is 13.1 Å². The molecule has 0 spiro atoms. The molecule has 4 rings (SSSR count). The average molecular weight is 469 g/mol. The van der Waals surface area contributed by atoms with Crippen LogP contribution in [0.4, 0.5) is 15.8 Å². The summed E-state index contributed by atoms with van der Waals surface area (Å²) < 4.78 is 16.8. The number of halogens is 2. The molecule has 2 N–H and O–H groups in total. The Hall–Kier alpha value is -3.23. The predicted octanol–water partition coefficient (Wildman–Crippen LogP) is 5.39. The monoisotopic (exact) mass is 468 g/mol. The Morgan fingerprint density at radius 1 is 1.06 bits per heavy atom. The highest BCUT2D eigenvalue weighted by Crippen LogP contribution is 2.21. The van der Waals surface area contributed by atoms with Crippen LogP contribution in [0.2, 0.25) is 5.02 Å². The third-order valence-electron chi connectivity index (χ3n) is 5.05. The zero-order valence-corrected chi connectivity index (χ0v) is 19.2. The van der Waals surface area contributed by atoms with Crippen LogP contribution in [0, 0.1) is 19.7 Å². The van der Waals surface area contributed by atoms with Gasteiger partial charge in [0.25, 0.3) is 0 Å². The fraction of sp³-hybridized carbons (Fsp3) is 0.174. The molecule has 0 aliphatic carbocycles. The van der Waals surface area contributed by atoms with Crippen molar-refractivity contribution in [3.8, 4) is 0 Å². The normalized spacial score (nSPS) is 10.9. The molecule has 164 valence electrons. The van der Waals surface area contributed by atoms with Gasteiger partial charge in [-0.25, -0.2) is 4.39 Å². The molecule has 0 saturated carbocycles. The second kappa shape index (κ2) is 9.50. The highest BCUT2D eigenvalue weighted by molar-refractivity contribution is 7.80. The summed E-state index contributed by atoms with van der Waals surface area (Å²) in [5.41, 5.74) is 5.32. The zero-order valence-electron chi connectivity index (χ0n) is 17.6. The van der Waals surface area contributed by atoms with Crippen molar-refractivity contribution in [2.45, 2.75) is 26.9 Å². The van der Waals surface area contributed by atoms with Gasteiger partial charge >= 0.3 is 0 Å². The molecule has 0 aliphatic heterocycles. The molecular formula is C23H22ClFN6S. The number of benzene rings is 2. The van der Waals surface area contributed by atoms with Crippen LogP contribution in [0.3, 0.4) is 0 Å². The Bertz CT molecular complexity index is 1250. The largest absolute Gasteiger partial charge is 0.330 e. The van der Waals surface area contributed by atoms with Crippen molar-refractivity contribution in [1.29, 1.82) is 0 Å². The van der Waals surface area contributed by atoms with Gasteiger partial charge in [0.05, 0.1) is 42.0 Å². The number of anilines is 2. The summed E-state index contributed by atoms with van der Waals surface area (Å²) in [5, 5.41) is 16.5. The van der Waals surface area contributed by atoms with Crippen LogP contribution >= 0.6 is 23.8 Å². The van der Waals surface area contributed by atoms with Crippen LogP contribution in [0.25, 0.3) is 0 Å². The number of hydrogen-bond donors (Lipinski definition) is 2. The summed E-state index contributed by atoms with van der Waals surface area (Å²) in [6.45, 7) is 5.00. The third kappa shape index (κ3) is 5.15. The molecule has 0 bridgehead atoms. The van der Waals surface area contributed by atoms with Crippen LogP contribution in [0.15, 0.2) is 60.9 Å². The van der Waals surface area contributed by atoms with Crippen molar-refractivity contribution in [3.05, 3.63) is 94.3 Å². The van der Waals surface area contributed by atoms with E-state index < -0.39 is 0 Å². The van der Waals surface area contributed by atoms with Gasteiger partial charge in [0, 0.05) is 11.2 Å². The summed E-state index contributed by atoms with van der Waals surface area (Å²) >= 11 is 11.7. The Morgan fingerprint density at radius 3 is 2.56 bits per heavy atom. The van der Waals surface area contributed by atoms with Gasteiger partial charge in [0.1, 0.15) is 5.82 Å². The van der Waals surface area contributed by atoms with Crippen molar-refractivity contribution in [2.24, 2.45) is 0 Å². The third-order valence-corrected chi connectivity index (χ3v) is 5.62. The van der Waals surface area contributed by atoms with E-state index in [1.807, 2.05) is 49.0 Å². The number of aromatic nitrogens is 4. The summed E-state index contributed by atoms with van der Waals surface area (Å²) in [7, 11) is 0. The van der Waals surface area contributed by atoms with Gasteiger partial charge in [-0.05, 0) is 55.4 Å². The Balaban J connectivity index is 1.40. The minimum atomic E-state index is -0.254. The zero-order chi connectivity index (χ0) is 22.7. The Kier molecular flexibility index (Phi) is 6.53. The summed E-state index contributed by atoms with van der Waals surface area (Å²) in [4.78, 5) is 0. The van der Waals surface area contributed by atoms with E-state index >= 15 is 0 Å². The van der Waals surface area contributed by atoms with Gasteiger partial charge in [-0.2, -0.15) is 10.2 Å². The average Bonchev–Trinajstić information content (AvgIpc) is 3.30. The van der Waals surface area contributed by atoms with Gasteiger partial charge in [-0.1, -0.05) is 41.9 Å². The molecule has 0 radical (unpaired) electrons. The van der Waals surface area contributed by atoms with Crippen molar-refractivity contribution in [1.82, 2.24) is 19.6 Å². The van der Waals surface area contributed by atoms with Crippen LogP contribution < -0.4 is 10.6 Å². The molecule has 4 aromatic rings. The van der Waals surface area contributed by atoms with E-state index in [1.54, 1.807) is 23.0 Å². The van der Waals surface area contributed by atoms with Gasteiger partial charge in [-0.3, -0.25) is 9.36 Å². The smallest absolute Gasteiger partial charge is 0.175 e. The minimum absolute atomic E-state index is 0.254. The number of hydrogen-bond acceptors (Lipinski definition) is 3. The van der Waals surface area contributed by atoms with Gasteiger partial charge in [0.15, 0.2) is 5.11 Å². The SMILES string of the molecule is Cc1nn(Cc2ccc(F)cc2)c(C)c1NC(=S)Nc1cnn(Cc2ccccc2Cl)c1. The second-order valence-electron chi connectivity index (χ2n) is 7.43. The molecule has 2 heterocycles. The molecule has 2 aromatic carbocycles. The molecule has 0 amide bonds. The molecular weight excluding hydrogens is 447 g/mol. The number of rotatable bonds is 6. The maximum absolute atomic E-state index is 13.2. The maximum Gasteiger partial charge on any atom is 0.175 e. The Labute approximate surface area is 196 Å². The molecule has 0 unspecified atom stereocenters. The molecule has 0 atom stereocenters. The summed E-state index contributed by atoms with van der Waals surface area (Å²) in [5.74, 6) is -0.254. The van der Waals surface area contributed by atoms with Crippen molar-refractivity contribution >= 4 is 40.3 Å². The fourth-order valence-electron chi connectivity index (χ4n) is 3.39. The lowest BCUT2D eigenvalue weighted by Gasteiger charge is -2.10. The molecule has 2 aromatic heterocycles. The van der Waals surface area contributed by atoms with Gasteiger partial charge in [-0.15, -0.1) is 0 Å². The van der Waals surface area contributed by atoms with Crippen LogP contribution in [0.5, 0.6) is 0 Å². The first kappa shape index (κ1) is 22.0. The van der Waals surface area contributed by atoms with Crippen molar-refractivity contribution < 1.29 is 4.39 Å². The molecule has 9 heteroatoms. The molecule has 0 saturated heterocycles. The van der Waals surface area contributed by atoms with E-state index in [4.69, 9.17) is 23.8 Å². The molecule has 0 aliphatic rings. The standard InChI is InChI=1S/C23H22ClFN6S/c1-15-22(16(2)31(29-15)12-17-7-9-19(25)10-8-17)28-23(32)27-20-11-26-30(14-20)13-18-5-3-4-6-21(18)24/h3-11,14H,12-13H2,1-2H3,(H2,27,28,32). The summed E-state index contributed by atoms with van der Waals surface area (Å²) in [6.07, 6.45) is 3.58. The first-order valence-corrected chi connectivity index (χ1v) is 10.8. The van der Waals surface area contributed by atoms with E-state index in [9.17, 15) is 4.39 Å². The maximum atomic E-state index is 13.2. The van der Waals surface area contributed by atoms with E-state index in [-0.39, 0.29) is 5.82 Å². The summed E-state index contributed by atoms with van der Waals surface area (Å²) in [6, 6.07) is 14.1. The Morgan fingerprint density at radius 2 is 1.81 bits per heavy atom. The predicted molar refractivity (Wildman–Crippen MR) is 130 cm³/mol. The van der Waals surface area contributed by atoms with E-state index in [0.717, 1.165) is 33.9 Å². The van der Waals surface area contributed by atoms with E-state index in [0.29, 0.717) is 23.2 Å². The fourth-order valence-corrected chi connectivity index (χ4v) is 3.80. The number of aryl methyl sites for hydroxylation is 1. The lowest BCUT2D eigenvalue weighted by molar-refractivity contribution is 0.622. The number of thiocarbonyl (C=S) groups is 1. The lowest BCUT2D eigenvalue weighted by atomic mass is 10.2. The van der Waals surface area contributed by atoms with Gasteiger partial charge in [0.2, 0.25) is 0 Å². The lowest BCUT2D eigenvalue weighted by Crippen LogP contribution is -2.19. The van der Waals surface area contributed by atoms with E-state index in [1.165, 1.54) is 12.1 Å². The second-order valence-corrected chi connectivity index (χ2v) is 8.24.